The molecule has 98 valence electrons. The summed E-state index contributed by atoms with van der Waals surface area (Å²) in [5.41, 5.74) is 2.10. The molecule has 0 N–H and O–H groups in total. The summed E-state index contributed by atoms with van der Waals surface area (Å²) in [5.74, 6) is 0. The van der Waals surface area contributed by atoms with E-state index in [4.69, 9.17) is 0 Å². The predicted molar refractivity (Wildman–Crippen MR) is 80.1 cm³/mol. The molecule has 0 aliphatic heterocycles. The number of hydrogen-bond acceptors (Lipinski definition) is 0. The van der Waals surface area contributed by atoms with E-state index >= 15 is 0 Å². The second-order valence-electron chi connectivity index (χ2n) is 4.94. The predicted octanol–water partition coefficient (Wildman–Crippen LogP) is 6.04. The second-order valence-corrected chi connectivity index (χ2v) is 7.88. The van der Waals surface area contributed by atoms with Crippen LogP contribution < -0.4 is 0 Å². The molecule has 0 heterocycles. The summed E-state index contributed by atoms with van der Waals surface area (Å²) in [6.07, 6.45) is 11.5. The molecule has 0 saturated heterocycles. The van der Waals surface area contributed by atoms with Gasteiger partial charge in [0.05, 0.1) is 0 Å². The maximum atomic E-state index is 2.41. The van der Waals surface area contributed by atoms with E-state index in [-0.39, 0.29) is 0 Å². The van der Waals surface area contributed by atoms with Gasteiger partial charge in [0.25, 0.3) is 0 Å². The normalized spacial score (nSPS) is 17.1. The van der Waals surface area contributed by atoms with E-state index in [9.17, 15) is 0 Å². The van der Waals surface area contributed by atoms with Crippen molar-refractivity contribution in [1.82, 2.24) is 0 Å². The Bertz CT molecular complexity index is 130. The number of rotatable bonds is 10. The molecule has 0 fully saturated rings. The van der Waals surface area contributed by atoms with E-state index in [1.165, 1.54) is 51.1 Å². The molecular formula is C15H33P. The van der Waals surface area contributed by atoms with Gasteiger partial charge in [-0.2, -0.15) is 0 Å². The molecule has 0 radical (unpaired) electrons. The van der Waals surface area contributed by atoms with E-state index < -0.39 is 0 Å². The summed E-state index contributed by atoms with van der Waals surface area (Å²) in [6, 6.07) is 0. The van der Waals surface area contributed by atoms with Crippen LogP contribution in [-0.2, 0) is 0 Å². The van der Waals surface area contributed by atoms with Gasteiger partial charge < -0.3 is 0 Å². The minimum atomic E-state index is 0.300. The van der Waals surface area contributed by atoms with Crippen LogP contribution in [0.3, 0.4) is 0 Å². The Hall–Kier alpha value is 0.430. The zero-order valence-electron chi connectivity index (χ0n) is 12.3. The highest BCUT2D eigenvalue weighted by Crippen LogP contribution is 2.52. The van der Waals surface area contributed by atoms with Gasteiger partial charge in [-0.1, -0.05) is 53.9 Å². The Kier molecular flexibility index (Phi) is 10.9. The Morgan fingerprint density at radius 2 is 1.12 bits per heavy atom. The molecule has 0 rings (SSSR count). The summed E-state index contributed by atoms with van der Waals surface area (Å²) in [4.78, 5) is 0. The molecule has 0 saturated carbocycles. The first-order chi connectivity index (χ1) is 7.74. The average molecular weight is 244 g/mol. The van der Waals surface area contributed by atoms with Crippen molar-refractivity contribution in [2.75, 3.05) is 6.16 Å². The molecule has 0 bridgehead atoms. The van der Waals surface area contributed by atoms with E-state index in [0.29, 0.717) is 7.92 Å². The van der Waals surface area contributed by atoms with Crippen LogP contribution in [0.25, 0.3) is 0 Å². The minimum absolute atomic E-state index is 0.300. The minimum Gasteiger partial charge on any atom is -0.100 e. The van der Waals surface area contributed by atoms with Crippen LogP contribution in [0.4, 0.5) is 0 Å². The smallest absolute Gasteiger partial charge is 0.0209 e. The molecule has 0 spiro atoms. The summed E-state index contributed by atoms with van der Waals surface area (Å²) >= 11 is 0. The van der Waals surface area contributed by atoms with Gasteiger partial charge in [-0.3, -0.25) is 0 Å². The van der Waals surface area contributed by atoms with Crippen LogP contribution in [0.5, 0.6) is 0 Å². The van der Waals surface area contributed by atoms with Gasteiger partial charge in [-0.15, -0.1) is 7.92 Å². The zero-order valence-corrected chi connectivity index (χ0v) is 13.2. The summed E-state index contributed by atoms with van der Waals surface area (Å²) in [5, 5.41) is 0. The van der Waals surface area contributed by atoms with Crippen molar-refractivity contribution in [2.45, 2.75) is 90.9 Å². The molecule has 0 amide bonds. The lowest BCUT2D eigenvalue weighted by Crippen LogP contribution is -2.16. The lowest BCUT2D eigenvalue weighted by Gasteiger charge is -2.33. The topological polar surface area (TPSA) is 0 Å². The highest BCUT2D eigenvalue weighted by atomic mass is 31.1. The third-order valence-electron chi connectivity index (χ3n) is 3.61. The van der Waals surface area contributed by atoms with Gasteiger partial charge >= 0.3 is 0 Å². The molecule has 0 aromatic rings. The summed E-state index contributed by atoms with van der Waals surface area (Å²) < 4.78 is 0. The van der Waals surface area contributed by atoms with Gasteiger partial charge in [-0.05, 0) is 43.2 Å². The molecule has 0 aliphatic carbocycles. The van der Waals surface area contributed by atoms with Gasteiger partial charge in [0, 0.05) is 0 Å². The largest absolute Gasteiger partial charge is 0.100 e. The molecule has 2 atom stereocenters. The van der Waals surface area contributed by atoms with Gasteiger partial charge in [0.2, 0.25) is 0 Å². The SMILES string of the molecule is CCCC(CC)P(CCC)C(CC)CCC. The molecule has 2 unspecified atom stereocenters. The monoisotopic (exact) mass is 244 g/mol. The van der Waals surface area contributed by atoms with Crippen LogP contribution in [0.2, 0.25) is 0 Å². The highest BCUT2D eigenvalue weighted by molar-refractivity contribution is 7.59. The first-order valence-electron chi connectivity index (χ1n) is 7.50. The average Bonchev–Trinajstić information content (AvgIpc) is 2.31. The summed E-state index contributed by atoms with van der Waals surface area (Å²) in [7, 11) is 0.300. The Morgan fingerprint density at radius 3 is 1.38 bits per heavy atom. The third-order valence-corrected chi connectivity index (χ3v) is 7.69. The van der Waals surface area contributed by atoms with Crippen LogP contribution in [0.1, 0.15) is 79.6 Å². The maximum absolute atomic E-state index is 2.41. The molecule has 16 heavy (non-hydrogen) atoms. The van der Waals surface area contributed by atoms with Crippen LogP contribution in [0, 0.1) is 0 Å². The van der Waals surface area contributed by atoms with Crippen molar-refractivity contribution in [2.24, 2.45) is 0 Å². The molecule has 0 aromatic carbocycles. The Morgan fingerprint density at radius 1 is 0.688 bits per heavy atom. The third kappa shape index (κ3) is 5.67. The zero-order chi connectivity index (χ0) is 12.4. The van der Waals surface area contributed by atoms with Crippen molar-refractivity contribution in [3.8, 4) is 0 Å². The second kappa shape index (κ2) is 10.6. The lowest BCUT2D eigenvalue weighted by molar-refractivity contribution is 0.663. The lowest BCUT2D eigenvalue weighted by atomic mass is 10.2. The van der Waals surface area contributed by atoms with Gasteiger partial charge in [0.15, 0.2) is 0 Å². The van der Waals surface area contributed by atoms with E-state index in [2.05, 4.69) is 34.6 Å². The van der Waals surface area contributed by atoms with Crippen LogP contribution in [-0.4, -0.2) is 17.5 Å². The molecule has 0 aliphatic rings. The fourth-order valence-electron chi connectivity index (χ4n) is 2.80. The Balaban J connectivity index is 4.50. The van der Waals surface area contributed by atoms with Crippen LogP contribution >= 0.6 is 7.92 Å². The molecule has 0 nitrogen and oxygen atoms in total. The molecule has 1 heteroatoms. The van der Waals surface area contributed by atoms with E-state index in [1.807, 2.05) is 0 Å². The fourth-order valence-corrected chi connectivity index (χ4v) is 6.76. The highest BCUT2D eigenvalue weighted by Gasteiger charge is 2.24. The van der Waals surface area contributed by atoms with Gasteiger partial charge in [-0.25, -0.2) is 0 Å². The quantitative estimate of drug-likeness (QED) is 0.411. The molecular weight excluding hydrogens is 211 g/mol. The first kappa shape index (κ1) is 16.4. The molecule has 0 aromatic heterocycles. The van der Waals surface area contributed by atoms with E-state index in [0.717, 1.165) is 11.3 Å². The van der Waals surface area contributed by atoms with Gasteiger partial charge in [0.1, 0.15) is 0 Å². The van der Waals surface area contributed by atoms with Crippen molar-refractivity contribution in [3.05, 3.63) is 0 Å². The first-order valence-corrected chi connectivity index (χ1v) is 9.17. The van der Waals surface area contributed by atoms with Crippen molar-refractivity contribution in [3.63, 3.8) is 0 Å². The van der Waals surface area contributed by atoms with Crippen molar-refractivity contribution >= 4 is 7.92 Å². The van der Waals surface area contributed by atoms with Crippen LogP contribution in [0.15, 0.2) is 0 Å². The van der Waals surface area contributed by atoms with Crippen molar-refractivity contribution < 1.29 is 0 Å². The maximum Gasteiger partial charge on any atom is -0.0209 e. The van der Waals surface area contributed by atoms with E-state index in [1.54, 1.807) is 0 Å². The fraction of sp³-hybridized carbons (Fsp3) is 1.00. The standard InChI is InChI=1S/C15H33P/c1-6-11-14(9-4)16(13-8-3)15(10-5)12-7-2/h14-15H,6-13H2,1-5H3. The van der Waals surface area contributed by atoms with Crippen molar-refractivity contribution in [1.29, 1.82) is 0 Å². The summed E-state index contributed by atoms with van der Waals surface area (Å²) in [6.45, 7) is 11.9. The Labute approximate surface area is 105 Å². The number of hydrogen-bond donors (Lipinski definition) is 0.